The highest BCUT2D eigenvalue weighted by Gasteiger charge is 2.21. The number of pyridine rings is 1. The van der Waals surface area contributed by atoms with E-state index in [0.717, 1.165) is 18.5 Å². The molecule has 1 heterocycles. The van der Waals surface area contributed by atoms with E-state index in [0.29, 0.717) is 16.3 Å². The van der Waals surface area contributed by atoms with Crippen LogP contribution >= 0.6 is 11.6 Å². The van der Waals surface area contributed by atoms with Crippen molar-refractivity contribution in [3.8, 4) is 5.75 Å². The number of ether oxygens (including phenoxy) is 1. The average Bonchev–Trinajstić information content (AvgIpc) is 2.49. The van der Waals surface area contributed by atoms with E-state index in [9.17, 15) is 4.39 Å². The topological polar surface area (TPSA) is 34.2 Å². The van der Waals surface area contributed by atoms with Gasteiger partial charge in [0.15, 0.2) is 0 Å². The summed E-state index contributed by atoms with van der Waals surface area (Å²) in [6, 6.07) is 6.68. The summed E-state index contributed by atoms with van der Waals surface area (Å²) in [5, 5.41) is 3.92. The Balaban J connectivity index is 2.50. The second-order valence-electron chi connectivity index (χ2n) is 4.67. The van der Waals surface area contributed by atoms with Gasteiger partial charge in [-0.1, -0.05) is 18.5 Å². The molecule has 1 unspecified atom stereocenters. The van der Waals surface area contributed by atoms with Crippen molar-refractivity contribution in [1.29, 1.82) is 0 Å². The fourth-order valence-electron chi connectivity index (χ4n) is 2.23. The van der Waals surface area contributed by atoms with Gasteiger partial charge < -0.3 is 10.1 Å². The lowest BCUT2D eigenvalue weighted by molar-refractivity contribution is 0.402. The van der Waals surface area contributed by atoms with Crippen LogP contribution in [-0.4, -0.2) is 18.6 Å². The highest BCUT2D eigenvalue weighted by Crippen LogP contribution is 2.33. The lowest BCUT2D eigenvalue weighted by atomic mass is 9.98. The van der Waals surface area contributed by atoms with Crippen molar-refractivity contribution in [3.05, 3.63) is 58.6 Å². The molecule has 0 aliphatic carbocycles. The van der Waals surface area contributed by atoms with E-state index in [1.165, 1.54) is 6.20 Å². The molecule has 0 aliphatic heterocycles. The second-order valence-corrected chi connectivity index (χ2v) is 5.11. The van der Waals surface area contributed by atoms with E-state index >= 15 is 0 Å². The SMILES string of the molecule is CCCNC(c1ccncc1F)c1cc(Cl)ccc1OC. The van der Waals surface area contributed by atoms with Crippen LogP contribution < -0.4 is 10.1 Å². The maximum absolute atomic E-state index is 14.1. The first-order valence-corrected chi connectivity index (χ1v) is 7.21. The Labute approximate surface area is 129 Å². The summed E-state index contributed by atoms with van der Waals surface area (Å²) < 4.78 is 19.5. The van der Waals surface area contributed by atoms with Crippen LogP contribution in [0.25, 0.3) is 0 Å². The quantitative estimate of drug-likeness (QED) is 0.876. The van der Waals surface area contributed by atoms with Crippen LogP contribution in [0.5, 0.6) is 5.75 Å². The van der Waals surface area contributed by atoms with Gasteiger partial charge in [-0.05, 0) is 37.2 Å². The molecule has 21 heavy (non-hydrogen) atoms. The first kappa shape index (κ1) is 15.7. The van der Waals surface area contributed by atoms with Crippen molar-refractivity contribution in [2.75, 3.05) is 13.7 Å². The normalized spacial score (nSPS) is 12.2. The van der Waals surface area contributed by atoms with Gasteiger partial charge in [0.25, 0.3) is 0 Å². The molecule has 3 nitrogen and oxygen atoms in total. The summed E-state index contributed by atoms with van der Waals surface area (Å²) in [4.78, 5) is 3.80. The van der Waals surface area contributed by atoms with Crippen LogP contribution in [0, 0.1) is 5.82 Å². The van der Waals surface area contributed by atoms with Crippen LogP contribution in [0.3, 0.4) is 0 Å². The van der Waals surface area contributed by atoms with E-state index in [1.807, 2.05) is 0 Å². The number of rotatable bonds is 6. The number of methoxy groups -OCH3 is 1. The van der Waals surface area contributed by atoms with E-state index in [-0.39, 0.29) is 11.9 Å². The predicted molar refractivity (Wildman–Crippen MR) is 82.3 cm³/mol. The standard InChI is InChI=1S/C16H18ClFN2O/c1-3-7-20-16(12-6-8-19-10-14(12)18)13-9-11(17)4-5-15(13)21-2/h4-6,8-10,16,20H,3,7H2,1-2H3. The first-order valence-electron chi connectivity index (χ1n) is 6.83. The number of benzene rings is 1. The Hall–Kier alpha value is -1.65. The van der Waals surface area contributed by atoms with Gasteiger partial charge in [0, 0.05) is 22.3 Å². The molecular weight excluding hydrogens is 291 g/mol. The third-order valence-electron chi connectivity index (χ3n) is 3.22. The van der Waals surface area contributed by atoms with Crippen molar-refractivity contribution >= 4 is 11.6 Å². The van der Waals surface area contributed by atoms with Crippen molar-refractivity contribution in [2.45, 2.75) is 19.4 Å². The van der Waals surface area contributed by atoms with Gasteiger partial charge >= 0.3 is 0 Å². The molecule has 0 radical (unpaired) electrons. The molecule has 0 saturated heterocycles. The van der Waals surface area contributed by atoms with Crippen molar-refractivity contribution in [2.24, 2.45) is 0 Å². The van der Waals surface area contributed by atoms with Crippen molar-refractivity contribution in [1.82, 2.24) is 10.3 Å². The monoisotopic (exact) mass is 308 g/mol. The van der Waals surface area contributed by atoms with Crippen LogP contribution in [0.15, 0.2) is 36.7 Å². The van der Waals surface area contributed by atoms with Crippen LogP contribution in [-0.2, 0) is 0 Å². The smallest absolute Gasteiger partial charge is 0.146 e. The molecule has 0 aliphatic rings. The Morgan fingerprint density at radius 1 is 1.33 bits per heavy atom. The van der Waals surface area contributed by atoms with Gasteiger partial charge in [0.05, 0.1) is 19.3 Å². The average molecular weight is 309 g/mol. The zero-order chi connectivity index (χ0) is 15.2. The van der Waals surface area contributed by atoms with Crippen LogP contribution in [0.2, 0.25) is 5.02 Å². The summed E-state index contributed by atoms with van der Waals surface area (Å²) >= 11 is 6.09. The Bertz CT molecular complexity index is 607. The number of nitrogens with zero attached hydrogens (tertiary/aromatic N) is 1. The number of nitrogens with one attached hydrogen (secondary N) is 1. The number of aromatic nitrogens is 1. The highest BCUT2D eigenvalue weighted by molar-refractivity contribution is 6.30. The van der Waals surface area contributed by atoms with Gasteiger partial charge in [-0.25, -0.2) is 4.39 Å². The molecule has 1 aromatic carbocycles. The molecule has 0 fully saturated rings. The summed E-state index contributed by atoms with van der Waals surface area (Å²) in [6.07, 6.45) is 3.73. The molecule has 0 amide bonds. The minimum Gasteiger partial charge on any atom is -0.496 e. The molecule has 0 saturated carbocycles. The summed E-state index contributed by atoms with van der Waals surface area (Å²) in [7, 11) is 1.59. The molecule has 2 aromatic rings. The summed E-state index contributed by atoms with van der Waals surface area (Å²) in [6.45, 7) is 2.81. The van der Waals surface area contributed by atoms with E-state index in [2.05, 4.69) is 17.2 Å². The fourth-order valence-corrected chi connectivity index (χ4v) is 2.41. The molecule has 2 rings (SSSR count). The van der Waals surface area contributed by atoms with E-state index < -0.39 is 0 Å². The minimum atomic E-state index is -0.354. The van der Waals surface area contributed by atoms with Gasteiger partial charge in [0.2, 0.25) is 0 Å². The Morgan fingerprint density at radius 2 is 2.14 bits per heavy atom. The van der Waals surface area contributed by atoms with Crippen molar-refractivity contribution < 1.29 is 9.13 Å². The van der Waals surface area contributed by atoms with Crippen molar-refractivity contribution in [3.63, 3.8) is 0 Å². The molecule has 5 heteroatoms. The number of hydrogen-bond donors (Lipinski definition) is 1. The van der Waals surface area contributed by atoms with E-state index in [4.69, 9.17) is 16.3 Å². The largest absolute Gasteiger partial charge is 0.496 e. The number of halogens is 2. The number of hydrogen-bond acceptors (Lipinski definition) is 3. The lowest BCUT2D eigenvalue weighted by Gasteiger charge is -2.22. The second kappa shape index (κ2) is 7.38. The summed E-state index contributed by atoms with van der Waals surface area (Å²) in [5.74, 6) is 0.317. The molecule has 1 atom stereocenters. The lowest BCUT2D eigenvalue weighted by Crippen LogP contribution is -2.24. The maximum Gasteiger partial charge on any atom is 0.146 e. The molecule has 112 valence electrons. The molecule has 0 spiro atoms. The van der Waals surface area contributed by atoms with Gasteiger partial charge in [-0.2, -0.15) is 0 Å². The zero-order valence-electron chi connectivity index (χ0n) is 12.1. The fraction of sp³-hybridized carbons (Fsp3) is 0.312. The molecule has 1 N–H and O–H groups in total. The molecular formula is C16H18ClFN2O. The van der Waals surface area contributed by atoms with Crippen LogP contribution in [0.4, 0.5) is 4.39 Å². The first-order chi connectivity index (χ1) is 10.2. The van der Waals surface area contributed by atoms with Gasteiger partial charge in [-0.3, -0.25) is 4.98 Å². The third-order valence-corrected chi connectivity index (χ3v) is 3.45. The Morgan fingerprint density at radius 3 is 2.81 bits per heavy atom. The minimum absolute atomic E-state index is 0.332. The molecule has 1 aromatic heterocycles. The summed E-state index contributed by atoms with van der Waals surface area (Å²) in [5.41, 5.74) is 1.34. The molecule has 0 bridgehead atoms. The zero-order valence-corrected chi connectivity index (χ0v) is 12.8. The third kappa shape index (κ3) is 3.71. The van der Waals surface area contributed by atoms with E-state index in [1.54, 1.807) is 37.6 Å². The van der Waals surface area contributed by atoms with Crippen LogP contribution in [0.1, 0.15) is 30.5 Å². The highest BCUT2D eigenvalue weighted by atomic mass is 35.5. The maximum atomic E-state index is 14.1. The van der Waals surface area contributed by atoms with Gasteiger partial charge in [0.1, 0.15) is 11.6 Å². The Kier molecular flexibility index (Phi) is 5.53. The van der Waals surface area contributed by atoms with Gasteiger partial charge in [-0.15, -0.1) is 0 Å². The predicted octanol–water partition coefficient (Wildman–Crippen LogP) is 3.97.